The third-order valence-corrected chi connectivity index (χ3v) is 19.7. The lowest BCUT2D eigenvalue weighted by Gasteiger charge is -2.21. The van der Waals surface area contributed by atoms with E-state index in [1.807, 2.05) is 0 Å². The zero-order chi connectivity index (χ0) is 69.8. The number of rotatable bonds is 76. The molecule has 0 radical (unpaired) electrons. The van der Waals surface area contributed by atoms with Crippen molar-refractivity contribution in [3.8, 4) is 0 Å². The molecule has 0 aliphatic rings. The summed E-state index contributed by atoms with van der Waals surface area (Å²) in [6.07, 6.45) is 58.2. The molecule has 0 bridgehead atoms. The molecule has 0 heterocycles. The van der Waals surface area contributed by atoms with Gasteiger partial charge in [-0.05, 0) is 31.6 Å². The summed E-state index contributed by atoms with van der Waals surface area (Å²) in [4.78, 5) is 72.8. The standard InChI is InChI=1S/C76H148O17P2/c1-6-9-12-15-18-21-24-25-26-27-28-29-32-37-42-47-52-57-62-76(81)93-72(66-87-74(79)60-55-50-45-40-36-33-30-31-35-38-43-48-53-58-69(4)5)68-91-95(84,85)89-64-70(77)63-88-94(82,83)90-67-71(65-86-73(78)59-54-49-44-39-23-20-17-14-11-8-3)92-75(80)61-56-51-46-41-34-22-19-16-13-10-7-2/h69-72,77H,6-68H2,1-5H3,(H,82,83)(H,84,85)/t70-,71+,72+/m0/s1. The SMILES string of the molecule is CCCCCCCCCCCCCCCCCCCCC(=O)O[C@H](COC(=O)CCCCCCCCCCCCCCCC(C)C)COP(=O)(O)OC[C@@H](O)COP(=O)(O)OC[C@@H](COC(=O)CCCCCCCCCCCC)OC(=O)CCCCCCCCCCCCC. The lowest BCUT2D eigenvalue weighted by molar-refractivity contribution is -0.161. The number of aliphatic hydroxyl groups is 1. The number of unbranched alkanes of at least 4 members (excludes halogenated alkanes) is 48. The average molecular weight is 1400 g/mol. The number of carbonyl (C=O) groups is 4. The first kappa shape index (κ1) is 93.1. The molecule has 0 aromatic carbocycles. The van der Waals surface area contributed by atoms with Crippen LogP contribution in [0.2, 0.25) is 0 Å². The van der Waals surface area contributed by atoms with Gasteiger partial charge in [-0.25, -0.2) is 9.13 Å². The molecular weight excluding hydrogens is 1250 g/mol. The van der Waals surface area contributed by atoms with Gasteiger partial charge in [0.25, 0.3) is 0 Å². The molecule has 95 heavy (non-hydrogen) atoms. The lowest BCUT2D eigenvalue weighted by atomic mass is 10.0. The maximum absolute atomic E-state index is 13.1. The third-order valence-electron chi connectivity index (χ3n) is 17.8. The fraction of sp³-hybridized carbons (Fsp3) is 0.947. The van der Waals surface area contributed by atoms with Crippen molar-refractivity contribution < 1.29 is 80.2 Å². The van der Waals surface area contributed by atoms with Crippen LogP contribution in [0.4, 0.5) is 0 Å². The van der Waals surface area contributed by atoms with E-state index in [0.29, 0.717) is 25.7 Å². The van der Waals surface area contributed by atoms with Gasteiger partial charge < -0.3 is 33.8 Å². The van der Waals surface area contributed by atoms with Gasteiger partial charge in [0.05, 0.1) is 26.4 Å². The van der Waals surface area contributed by atoms with Crippen molar-refractivity contribution in [3.05, 3.63) is 0 Å². The molecule has 0 saturated carbocycles. The molecule has 0 amide bonds. The summed E-state index contributed by atoms with van der Waals surface area (Å²) < 4.78 is 68.5. The number of carbonyl (C=O) groups excluding carboxylic acids is 4. The molecule has 2 unspecified atom stereocenters. The van der Waals surface area contributed by atoms with Crippen molar-refractivity contribution in [2.75, 3.05) is 39.6 Å². The Hall–Kier alpha value is -1.94. The van der Waals surface area contributed by atoms with Gasteiger partial charge in [-0.3, -0.25) is 37.3 Å². The van der Waals surface area contributed by atoms with Crippen LogP contribution < -0.4 is 0 Å². The summed E-state index contributed by atoms with van der Waals surface area (Å²) in [6, 6.07) is 0. The fourth-order valence-electron chi connectivity index (χ4n) is 11.7. The van der Waals surface area contributed by atoms with Gasteiger partial charge in [-0.15, -0.1) is 0 Å². The zero-order valence-corrected chi connectivity index (χ0v) is 63.6. The quantitative estimate of drug-likeness (QED) is 0.0222. The van der Waals surface area contributed by atoms with Crippen LogP contribution in [0.1, 0.15) is 401 Å². The fourth-order valence-corrected chi connectivity index (χ4v) is 13.3. The smallest absolute Gasteiger partial charge is 0.462 e. The summed E-state index contributed by atoms with van der Waals surface area (Å²) in [7, 11) is -9.91. The summed E-state index contributed by atoms with van der Waals surface area (Å²) in [5.74, 6) is -1.32. The molecule has 19 heteroatoms. The van der Waals surface area contributed by atoms with Gasteiger partial charge in [0.2, 0.25) is 0 Å². The Morgan fingerprint density at radius 3 is 0.716 bits per heavy atom. The van der Waals surface area contributed by atoms with Crippen molar-refractivity contribution in [3.63, 3.8) is 0 Å². The molecule has 0 rings (SSSR count). The molecule has 0 aliphatic carbocycles. The second-order valence-electron chi connectivity index (χ2n) is 27.9. The van der Waals surface area contributed by atoms with Crippen LogP contribution in [0.15, 0.2) is 0 Å². The molecule has 0 aromatic heterocycles. The van der Waals surface area contributed by atoms with Crippen LogP contribution in [0.25, 0.3) is 0 Å². The topological polar surface area (TPSA) is 237 Å². The Morgan fingerprint density at radius 1 is 0.284 bits per heavy atom. The van der Waals surface area contributed by atoms with Crippen molar-refractivity contribution in [2.24, 2.45) is 5.92 Å². The van der Waals surface area contributed by atoms with E-state index < -0.39 is 97.5 Å². The maximum atomic E-state index is 13.1. The lowest BCUT2D eigenvalue weighted by Crippen LogP contribution is -2.30. The minimum Gasteiger partial charge on any atom is -0.462 e. The summed E-state index contributed by atoms with van der Waals surface area (Å²) in [6.45, 7) is 7.30. The van der Waals surface area contributed by atoms with E-state index >= 15 is 0 Å². The number of phosphoric acid groups is 2. The van der Waals surface area contributed by atoms with Crippen molar-refractivity contribution in [2.45, 2.75) is 419 Å². The Morgan fingerprint density at radius 2 is 0.484 bits per heavy atom. The van der Waals surface area contributed by atoms with Gasteiger partial charge in [0, 0.05) is 25.7 Å². The van der Waals surface area contributed by atoms with Crippen LogP contribution in [0, 0.1) is 5.92 Å². The number of aliphatic hydroxyl groups excluding tert-OH is 1. The molecule has 5 atom stereocenters. The Bertz CT molecular complexity index is 1820. The molecular formula is C76H148O17P2. The first-order valence-electron chi connectivity index (χ1n) is 39.6. The van der Waals surface area contributed by atoms with E-state index in [4.69, 9.17) is 37.0 Å². The Labute approximate surface area is 581 Å². The number of phosphoric ester groups is 2. The van der Waals surface area contributed by atoms with Gasteiger partial charge >= 0.3 is 39.5 Å². The molecule has 0 saturated heterocycles. The Balaban J connectivity index is 5.22. The zero-order valence-electron chi connectivity index (χ0n) is 61.8. The minimum absolute atomic E-state index is 0.107. The first-order chi connectivity index (χ1) is 46.0. The number of hydrogen-bond donors (Lipinski definition) is 3. The molecule has 0 fully saturated rings. The number of ether oxygens (including phenoxy) is 4. The van der Waals surface area contributed by atoms with Gasteiger partial charge in [-0.1, -0.05) is 349 Å². The molecule has 17 nitrogen and oxygen atoms in total. The summed E-state index contributed by atoms with van der Waals surface area (Å²) in [5.41, 5.74) is 0. The normalized spacial score (nSPS) is 13.9. The van der Waals surface area contributed by atoms with E-state index in [-0.39, 0.29) is 25.7 Å². The second-order valence-corrected chi connectivity index (χ2v) is 30.8. The Kier molecular flexibility index (Phi) is 67.7. The molecule has 564 valence electrons. The minimum atomic E-state index is -4.96. The van der Waals surface area contributed by atoms with Crippen LogP contribution in [0.3, 0.4) is 0 Å². The second kappa shape index (κ2) is 69.2. The van der Waals surface area contributed by atoms with Crippen molar-refractivity contribution >= 4 is 39.5 Å². The highest BCUT2D eigenvalue weighted by Gasteiger charge is 2.30. The third kappa shape index (κ3) is 70.3. The van der Waals surface area contributed by atoms with E-state index in [9.17, 15) is 43.2 Å². The van der Waals surface area contributed by atoms with Gasteiger partial charge in [-0.2, -0.15) is 0 Å². The van der Waals surface area contributed by atoms with E-state index in [1.165, 1.54) is 225 Å². The van der Waals surface area contributed by atoms with E-state index in [2.05, 4.69) is 34.6 Å². The van der Waals surface area contributed by atoms with Crippen LogP contribution in [-0.4, -0.2) is 96.7 Å². The first-order valence-corrected chi connectivity index (χ1v) is 42.6. The molecule has 0 aromatic rings. The van der Waals surface area contributed by atoms with Crippen LogP contribution >= 0.6 is 15.6 Å². The number of esters is 4. The monoisotopic (exact) mass is 1400 g/mol. The van der Waals surface area contributed by atoms with Gasteiger partial charge in [0.15, 0.2) is 12.2 Å². The molecule has 3 N–H and O–H groups in total. The highest BCUT2D eigenvalue weighted by atomic mass is 31.2. The van der Waals surface area contributed by atoms with Crippen LogP contribution in [-0.2, 0) is 65.4 Å². The van der Waals surface area contributed by atoms with Gasteiger partial charge in [0.1, 0.15) is 19.3 Å². The molecule has 0 aliphatic heterocycles. The summed E-state index contributed by atoms with van der Waals surface area (Å²) >= 11 is 0. The highest BCUT2D eigenvalue weighted by molar-refractivity contribution is 7.47. The highest BCUT2D eigenvalue weighted by Crippen LogP contribution is 2.45. The van der Waals surface area contributed by atoms with E-state index in [1.54, 1.807) is 0 Å². The van der Waals surface area contributed by atoms with Crippen molar-refractivity contribution in [1.82, 2.24) is 0 Å². The van der Waals surface area contributed by atoms with Crippen LogP contribution in [0.5, 0.6) is 0 Å². The summed E-state index contributed by atoms with van der Waals surface area (Å²) in [5, 5.41) is 10.6. The maximum Gasteiger partial charge on any atom is 0.472 e. The van der Waals surface area contributed by atoms with Crippen molar-refractivity contribution in [1.29, 1.82) is 0 Å². The number of hydrogen-bond acceptors (Lipinski definition) is 15. The van der Waals surface area contributed by atoms with E-state index in [0.717, 1.165) is 95.8 Å². The largest absolute Gasteiger partial charge is 0.472 e. The predicted octanol–water partition coefficient (Wildman–Crippen LogP) is 22.5. The predicted molar refractivity (Wildman–Crippen MR) is 386 cm³/mol. The molecule has 0 spiro atoms. The average Bonchev–Trinajstić information content (AvgIpc) is 1.84.